The molecule has 0 unspecified atom stereocenters. The van der Waals surface area contributed by atoms with Crippen molar-refractivity contribution in [2.75, 3.05) is 5.32 Å². The number of nitrogens with one attached hydrogen (secondary N) is 2. The van der Waals surface area contributed by atoms with E-state index in [2.05, 4.69) is 36.3 Å². The second-order valence-electron chi connectivity index (χ2n) is 7.63. The van der Waals surface area contributed by atoms with E-state index in [1.54, 1.807) is 6.20 Å². The van der Waals surface area contributed by atoms with E-state index in [4.69, 9.17) is 4.42 Å². The van der Waals surface area contributed by atoms with E-state index in [0.29, 0.717) is 29.7 Å². The van der Waals surface area contributed by atoms with E-state index in [-0.39, 0.29) is 17.2 Å². The molecule has 168 valence electrons. The fourth-order valence-electron chi connectivity index (χ4n) is 3.00. The van der Waals surface area contributed by atoms with Crippen LogP contribution in [0.4, 0.5) is 5.69 Å². The van der Waals surface area contributed by atoms with Crippen LogP contribution in [0.3, 0.4) is 0 Å². The largest absolute Gasteiger partial charge is 0.441 e. The van der Waals surface area contributed by atoms with E-state index in [1.807, 2.05) is 16.9 Å². The Labute approximate surface area is 187 Å². The molecule has 32 heavy (non-hydrogen) atoms. The van der Waals surface area contributed by atoms with Crippen molar-refractivity contribution in [2.24, 2.45) is 0 Å². The first-order valence-corrected chi connectivity index (χ1v) is 11.6. The minimum absolute atomic E-state index is 0.0700. The van der Waals surface area contributed by atoms with Crippen LogP contribution in [0.25, 0.3) is 11.3 Å². The average molecular weight is 456 g/mol. The van der Waals surface area contributed by atoms with Gasteiger partial charge in [0.25, 0.3) is 10.0 Å². The molecule has 0 aliphatic carbocycles. The van der Waals surface area contributed by atoms with Crippen molar-refractivity contribution in [1.29, 1.82) is 0 Å². The van der Waals surface area contributed by atoms with Crippen LogP contribution in [0, 0.1) is 0 Å². The molecule has 3 aromatic rings. The summed E-state index contributed by atoms with van der Waals surface area (Å²) < 4.78 is 31.5. The molecular formula is C23H25N3O5S. The third-order valence-electron chi connectivity index (χ3n) is 4.71. The molecule has 2 N–H and O–H groups in total. The minimum atomic E-state index is -3.91. The number of nitrogens with zero attached hydrogens (tertiary/aromatic N) is 1. The first-order chi connectivity index (χ1) is 15.1. The van der Waals surface area contributed by atoms with Crippen LogP contribution in [-0.4, -0.2) is 25.2 Å². The van der Waals surface area contributed by atoms with Gasteiger partial charge in [-0.3, -0.25) is 9.59 Å². The van der Waals surface area contributed by atoms with Crippen molar-refractivity contribution in [3.63, 3.8) is 0 Å². The highest BCUT2D eigenvalue weighted by Gasteiger charge is 2.15. The molecule has 3 rings (SSSR count). The van der Waals surface area contributed by atoms with Crippen molar-refractivity contribution in [3.05, 3.63) is 66.2 Å². The summed E-state index contributed by atoms with van der Waals surface area (Å²) in [5, 5.41) is 2.70. The predicted molar refractivity (Wildman–Crippen MR) is 120 cm³/mol. The quantitative estimate of drug-likeness (QED) is 0.532. The van der Waals surface area contributed by atoms with Gasteiger partial charge in [-0.25, -0.2) is 18.1 Å². The minimum Gasteiger partial charge on any atom is -0.441 e. The van der Waals surface area contributed by atoms with E-state index in [9.17, 15) is 18.0 Å². The molecular weight excluding hydrogens is 430 g/mol. The van der Waals surface area contributed by atoms with E-state index in [0.717, 1.165) is 12.5 Å². The number of rotatable bonds is 8. The lowest BCUT2D eigenvalue weighted by Crippen LogP contribution is -2.28. The number of carbonyl (C=O) groups excluding carboxylic acids is 2. The number of aromatic nitrogens is 1. The standard InChI is InChI=1S/C23H25N3O5S/c1-15(2)17-4-6-18(7-5-17)21-14-24-23(31-21)13-12-22(28)25-19-8-10-20(11-9-19)32(29,30)26-16(3)27/h4-11,14-15H,12-13H2,1-3H3,(H,25,28)(H,26,27). The number of sulfonamides is 1. The fourth-order valence-corrected chi connectivity index (χ4v) is 3.99. The molecule has 0 fully saturated rings. The molecule has 0 aliphatic heterocycles. The number of benzene rings is 2. The highest BCUT2D eigenvalue weighted by Crippen LogP contribution is 2.24. The molecule has 1 heterocycles. The van der Waals surface area contributed by atoms with E-state index >= 15 is 0 Å². The monoisotopic (exact) mass is 455 g/mol. The molecule has 0 radical (unpaired) electrons. The van der Waals surface area contributed by atoms with Crippen LogP contribution in [0.5, 0.6) is 0 Å². The van der Waals surface area contributed by atoms with Gasteiger partial charge in [0.05, 0.1) is 11.1 Å². The van der Waals surface area contributed by atoms with Crippen LogP contribution < -0.4 is 10.0 Å². The summed E-state index contributed by atoms with van der Waals surface area (Å²) in [7, 11) is -3.91. The average Bonchev–Trinajstić information content (AvgIpc) is 3.21. The molecule has 8 nitrogen and oxygen atoms in total. The number of carbonyl (C=O) groups is 2. The zero-order valence-electron chi connectivity index (χ0n) is 18.1. The number of anilines is 1. The van der Waals surface area contributed by atoms with Crippen LogP contribution in [-0.2, 0) is 26.0 Å². The van der Waals surface area contributed by atoms with Crippen LogP contribution >= 0.6 is 0 Å². The summed E-state index contributed by atoms with van der Waals surface area (Å²) in [6, 6.07) is 13.6. The molecule has 2 aromatic carbocycles. The molecule has 0 aliphatic rings. The van der Waals surface area contributed by atoms with Gasteiger partial charge in [0, 0.05) is 31.0 Å². The lowest BCUT2D eigenvalue weighted by molar-refractivity contribution is -0.117. The fraction of sp³-hybridized carbons (Fsp3) is 0.261. The Hall–Kier alpha value is -3.46. The topological polar surface area (TPSA) is 118 Å². The van der Waals surface area contributed by atoms with Crippen LogP contribution in [0.2, 0.25) is 0 Å². The Kier molecular flexibility index (Phi) is 7.09. The van der Waals surface area contributed by atoms with Crippen LogP contribution in [0.1, 0.15) is 44.6 Å². The van der Waals surface area contributed by atoms with E-state index < -0.39 is 15.9 Å². The predicted octanol–water partition coefficient (Wildman–Crippen LogP) is 3.86. The highest BCUT2D eigenvalue weighted by molar-refractivity contribution is 7.90. The van der Waals surface area contributed by atoms with Crippen molar-refractivity contribution in [1.82, 2.24) is 9.71 Å². The Bertz CT molecular complexity index is 1200. The third-order valence-corrected chi connectivity index (χ3v) is 6.16. The first-order valence-electron chi connectivity index (χ1n) is 10.1. The summed E-state index contributed by atoms with van der Waals surface area (Å²) in [5.74, 6) is 0.616. The lowest BCUT2D eigenvalue weighted by atomic mass is 10.0. The SMILES string of the molecule is CC(=O)NS(=O)(=O)c1ccc(NC(=O)CCc2ncc(-c3ccc(C(C)C)cc3)o2)cc1. The van der Waals surface area contributed by atoms with Crippen molar-refractivity contribution in [3.8, 4) is 11.3 Å². The molecule has 0 atom stereocenters. The number of hydrogen-bond acceptors (Lipinski definition) is 6. The summed E-state index contributed by atoms with van der Waals surface area (Å²) in [4.78, 5) is 27.4. The Balaban J connectivity index is 1.55. The number of aryl methyl sites for hydroxylation is 1. The van der Waals surface area contributed by atoms with Gasteiger partial charge in [-0.2, -0.15) is 0 Å². The summed E-state index contributed by atoms with van der Waals surface area (Å²) in [5.41, 5.74) is 2.60. The maximum atomic E-state index is 12.2. The van der Waals surface area contributed by atoms with Crippen molar-refractivity contribution >= 4 is 27.5 Å². The zero-order valence-corrected chi connectivity index (χ0v) is 18.9. The lowest BCUT2D eigenvalue weighted by Gasteiger charge is -2.07. The molecule has 0 saturated heterocycles. The smallest absolute Gasteiger partial charge is 0.264 e. The third kappa shape index (κ3) is 6.04. The van der Waals surface area contributed by atoms with Gasteiger partial charge in [0.15, 0.2) is 11.7 Å². The van der Waals surface area contributed by atoms with Gasteiger partial charge in [-0.05, 0) is 35.7 Å². The van der Waals surface area contributed by atoms with Gasteiger partial charge in [-0.1, -0.05) is 38.1 Å². The second kappa shape index (κ2) is 9.78. The summed E-state index contributed by atoms with van der Waals surface area (Å²) in [6.07, 6.45) is 2.12. The van der Waals surface area contributed by atoms with Crippen molar-refractivity contribution < 1.29 is 22.4 Å². The molecule has 9 heteroatoms. The van der Waals surface area contributed by atoms with Crippen molar-refractivity contribution in [2.45, 2.75) is 44.4 Å². The Morgan fingerprint density at radius 1 is 1.03 bits per heavy atom. The second-order valence-corrected chi connectivity index (χ2v) is 9.31. The van der Waals surface area contributed by atoms with Gasteiger partial charge >= 0.3 is 0 Å². The number of oxazole rings is 1. The van der Waals surface area contributed by atoms with Gasteiger partial charge < -0.3 is 9.73 Å². The normalized spacial score (nSPS) is 11.4. The first kappa shape index (κ1) is 23.2. The Morgan fingerprint density at radius 2 is 1.69 bits per heavy atom. The maximum absolute atomic E-state index is 12.2. The molecule has 0 bridgehead atoms. The number of hydrogen-bond donors (Lipinski definition) is 2. The van der Waals surface area contributed by atoms with E-state index in [1.165, 1.54) is 29.8 Å². The molecule has 0 spiro atoms. The van der Waals surface area contributed by atoms with Crippen LogP contribution in [0.15, 0.2) is 64.0 Å². The molecule has 1 aromatic heterocycles. The van der Waals surface area contributed by atoms with Gasteiger partial charge in [-0.15, -0.1) is 0 Å². The Morgan fingerprint density at radius 3 is 2.28 bits per heavy atom. The molecule has 2 amide bonds. The maximum Gasteiger partial charge on any atom is 0.264 e. The highest BCUT2D eigenvalue weighted by atomic mass is 32.2. The zero-order chi connectivity index (χ0) is 23.3. The van der Waals surface area contributed by atoms with Gasteiger partial charge in [0.1, 0.15) is 0 Å². The van der Waals surface area contributed by atoms with Gasteiger partial charge in [0.2, 0.25) is 11.8 Å². The summed E-state index contributed by atoms with van der Waals surface area (Å²) >= 11 is 0. The number of amides is 2. The molecule has 0 saturated carbocycles. The summed E-state index contributed by atoms with van der Waals surface area (Å²) in [6.45, 7) is 5.38.